The number of hydrogen-bond donors (Lipinski definition) is 2. The molecule has 0 saturated carbocycles. The van der Waals surface area contributed by atoms with Crippen molar-refractivity contribution in [2.45, 2.75) is 32.4 Å². The molecule has 0 bridgehead atoms. The summed E-state index contributed by atoms with van der Waals surface area (Å²) in [5.41, 5.74) is -0.376. The topological polar surface area (TPSA) is 84.6 Å². The summed E-state index contributed by atoms with van der Waals surface area (Å²) in [6.45, 7) is 6.18. The fourth-order valence-corrected chi connectivity index (χ4v) is 2.40. The number of aliphatic hydroxyl groups excluding tert-OH is 1. The maximum atomic E-state index is 11.0. The molecule has 1 atom stereocenters. The van der Waals surface area contributed by atoms with Crippen LogP contribution < -0.4 is 10.1 Å². The summed E-state index contributed by atoms with van der Waals surface area (Å²) >= 11 is 8.96. The molecule has 6 nitrogen and oxygen atoms in total. The van der Waals surface area contributed by atoms with Gasteiger partial charge in [-0.25, -0.2) is 0 Å². The number of halogens is 2. The van der Waals surface area contributed by atoms with Crippen LogP contribution in [0.4, 0.5) is 5.69 Å². The van der Waals surface area contributed by atoms with E-state index in [1.165, 1.54) is 12.1 Å². The van der Waals surface area contributed by atoms with Gasteiger partial charge in [0.25, 0.3) is 0 Å². The molecule has 1 unspecified atom stereocenters. The summed E-state index contributed by atoms with van der Waals surface area (Å²) in [6.07, 6.45) is -0.786. The third kappa shape index (κ3) is 6.17. The molecule has 0 aliphatic rings. The highest BCUT2D eigenvalue weighted by atomic mass is 79.9. The Morgan fingerprint density at radius 2 is 2.14 bits per heavy atom. The smallest absolute Gasteiger partial charge is 0.313 e. The van der Waals surface area contributed by atoms with Crippen LogP contribution in [0.15, 0.2) is 16.6 Å². The van der Waals surface area contributed by atoms with Crippen LogP contribution in [0.25, 0.3) is 0 Å². The molecule has 0 amide bonds. The summed E-state index contributed by atoms with van der Waals surface area (Å²) in [6, 6.07) is 2.71. The van der Waals surface area contributed by atoms with Crippen LogP contribution in [0.5, 0.6) is 5.75 Å². The van der Waals surface area contributed by atoms with E-state index in [0.717, 1.165) is 0 Å². The molecule has 0 heterocycles. The first-order chi connectivity index (χ1) is 9.60. The van der Waals surface area contributed by atoms with E-state index in [2.05, 4.69) is 21.2 Å². The summed E-state index contributed by atoms with van der Waals surface area (Å²) in [5, 5.41) is 24.2. The largest absolute Gasteiger partial charge is 0.483 e. The van der Waals surface area contributed by atoms with E-state index in [-0.39, 0.29) is 28.6 Å². The number of nitrogens with zero attached hydrogens (tertiary/aromatic N) is 1. The maximum Gasteiger partial charge on any atom is 0.313 e. The highest BCUT2D eigenvalue weighted by Crippen LogP contribution is 2.37. The van der Waals surface area contributed by atoms with E-state index in [0.29, 0.717) is 11.0 Å². The Morgan fingerprint density at radius 1 is 1.52 bits per heavy atom. The van der Waals surface area contributed by atoms with Gasteiger partial charge in [-0.05, 0) is 42.8 Å². The van der Waals surface area contributed by atoms with Gasteiger partial charge in [0.05, 0.1) is 9.40 Å². The molecule has 0 spiro atoms. The second-order valence-electron chi connectivity index (χ2n) is 5.59. The second-order valence-corrected chi connectivity index (χ2v) is 6.88. The van der Waals surface area contributed by atoms with Crippen LogP contribution in [0.1, 0.15) is 20.8 Å². The van der Waals surface area contributed by atoms with Crippen molar-refractivity contribution in [2.75, 3.05) is 13.2 Å². The Morgan fingerprint density at radius 3 is 2.67 bits per heavy atom. The molecule has 1 rings (SSSR count). The SMILES string of the molecule is CC(C)(C)NCC(O)COc1c(Br)cc(Cl)cc1[N+](=O)[O-]. The zero-order valence-corrected chi connectivity index (χ0v) is 14.4. The number of nitro benzene ring substituents is 1. The molecule has 2 N–H and O–H groups in total. The molecule has 0 aromatic heterocycles. The minimum Gasteiger partial charge on any atom is -0.483 e. The number of benzene rings is 1. The molecule has 1 aromatic rings. The lowest BCUT2D eigenvalue weighted by molar-refractivity contribution is -0.386. The fourth-order valence-electron chi connectivity index (χ4n) is 1.49. The van der Waals surface area contributed by atoms with Crippen LogP contribution in [0.3, 0.4) is 0 Å². The maximum absolute atomic E-state index is 11.0. The minimum atomic E-state index is -0.786. The normalized spacial score (nSPS) is 13.0. The van der Waals surface area contributed by atoms with E-state index in [1.54, 1.807) is 0 Å². The first-order valence-electron chi connectivity index (χ1n) is 6.29. The van der Waals surface area contributed by atoms with E-state index in [1.807, 2.05) is 20.8 Å². The lowest BCUT2D eigenvalue weighted by atomic mass is 10.1. The molecule has 8 heteroatoms. The minimum absolute atomic E-state index is 0.0548. The van der Waals surface area contributed by atoms with E-state index in [4.69, 9.17) is 16.3 Å². The molecule has 1 aromatic carbocycles. The van der Waals surface area contributed by atoms with Gasteiger partial charge in [0, 0.05) is 23.2 Å². The number of nitro groups is 1. The fraction of sp³-hybridized carbons (Fsp3) is 0.538. The van der Waals surface area contributed by atoms with Crippen molar-refractivity contribution in [3.05, 3.63) is 31.7 Å². The summed E-state index contributed by atoms with van der Waals surface area (Å²) in [4.78, 5) is 10.4. The van der Waals surface area contributed by atoms with Crippen LogP contribution >= 0.6 is 27.5 Å². The second kappa shape index (κ2) is 7.40. The molecule has 21 heavy (non-hydrogen) atoms. The summed E-state index contributed by atoms with van der Waals surface area (Å²) in [7, 11) is 0. The van der Waals surface area contributed by atoms with E-state index < -0.39 is 11.0 Å². The van der Waals surface area contributed by atoms with Crippen LogP contribution in [0.2, 0.25) is 5.02 Å². The van der Waals surface area contributed by atoms with E-state index >= 15 is 0 Å². The third-order valence-corrected chi connectivity index (χ3v) is 3.28. The number of aliphatic hydroxyl groups is 1. The van der Waals surface area contributed by atoms with Crippen molar-refractivity contribution in [2.24, 2.45) is 0 Å². The average molecular weight is 382 g/mol. The van der Waals surface area contributed by atoms with E-state index in [9.17, 15) is 15.2 Å². The van der Waals surface area contributed by atoms with Crippen LogP contribution in [-0.2, 0) is 0 Å². The van der Waals surface area contributed by atoms with Gasteiger partial charge in [-0.15, -0.1) is 0 Å². The quantitative estimate of drug-likeness (QED) is 0.584. The molecule has 0 fully saturated rings. The molecule has 0 aliphatic heterocycles. The third-order valence-electron chi connectivity index (χ3n) is 2.47. The Kier molecular flexibility index (Phi) is 6.40. The first-order valence-corrected chi connectivity index (χ1v) is 7.46. The van der Waals surface area contributed by atoms with Crippen molar-refractivity contribution in [3.63, 3.8) is 0 Å². The zero-order chi connectivity index (χ0) is 16.2. The molecule has 0 radical (unpaired) electrons. The summed E-state index contributed by atoms with van der Waals surface area (Å²) < 4.78 is 5.75. The van der Waals surface area contributed by atoms with Gasteiger partial charge in [-0.3, -0.25) is 10.1 Å². The lowest BCUT2D eigenvalue weighted by Gasteiger charge is -2.23. The van der Waals surface area contributed by atoms with Crippen LogP contribution in [-0.4, -0.2) is 34.8 Å². The van der Waals surface area contributed by atoms with Gasteiger partial charge >= 0.3 is 5.69 Å². The first kappa shape index (κ1) is 18.2. The molecule has 0 aliphatic carbocycles. The molecular weight excluding hydrogens is 364 g/mol. The number of nitrogens with one attached hydrogen (secondary N) is 1. The molecule has 0 saturated heterocycles. The number of rotatable bonds is 6. The highest BCUT2D eigenvalue weighted by molar-refractivity contribution is 9.10. The lowest BCUT2D eigenvalue weighted by Crippen LogP contribution is -2.42. The molecular formula is C13H18BrClN2O4. The van der Waals surface area contributed by atoms with Gasteiger partial charge in [0.2, 0.25) is 5.75 Å². The van der Waals surface area contributed by atoms with Gasteiger partial charge in [-0.2, -0.15) is 0 Å². The van der Waals surface area contributed by atoms with Crippen molar-refractivity contribution in [3.8, 4) is 5.75 Å². The van der Waals surface area contributed by atoms with Gasteiger partial charge in [0.15, 0.2) is 0 Å². The average Bonchev–Trinajstić information content (AvgIpc) is 2.33. The monoisotopic (exact) mass is 380 g/mol. The standard InChI is InChI=1S/C13H18BrClN2O4/c1-13(2,3)16-6-9(18)7-21-12-10(14)4-8(15)5-11(12)17(19)20/h4-5,9,16,18H,6-7H2,1-3H3. The zero-order valence-electron chi connectivity index (χ0n) is 12.0. The number of ether oxygens (including phenoxy) is 1. The predicted octanol–water partition coefficient (Wildman–Crippen LogP) is 3.14. The Balaban J connectivity index is 2.73. The summed E-state index contributed by atoms with van der Waals surface area (Å²) in [5.74, 6) is 0.0548. The Labute approximate surface area is 136 Å². The van der Waals surface area contributed by atoms with Gasteiger partial charge in [0.1, 0.15) is 12.7 Å². The number of β-amino-alcohol motifs (C(OH)–C–C–N with tert-alkyl or cyclic N) is 1. The van der Waals surface area contributed by atoms with Gasteiger partial charge in [-0.1, -0.05) is 11.6 Å². The van der Waals surface area contributed by atoms with Crippen LogP contribution in [0, 0.1) is 10.1 Å². The molecule has 118 valence electrons. The van der Waals surface area contributed by atoms with Gasteiger partial charge < -0.3 is 15.2 Å². The Bertz CT molecular complexity index is 520. The van der Waals surface area contributed by atoms with Crippen molar-refractivity contribution >= 4 is 33.2 Å². The Hall–Kier alpha value is -0.890. The predicted molar refractivity (Wildman–Crippen MR) is 85.1 cm³/mol. The highest BCUT2D eigenvalue weighted by Gasteiger charge is 2.21. The van der Waals surface area contributed by atoms with Crippen molar-refractivity contribution in [1.82, 2.24) is 5.32 Å². The van der Waals surface area contributed by atoms with Crippen molar-refractivity contribution < 1.29 is 14.8 Å². The van der Waals surface area contributed by atoms with Crippen molar-refractivity contribution in [1.29, 1.82) is 0 Å². The number of hydrogen-bond acceptors (Lipinski definition) is 5.